The topological polar surface area (TPSA) is 64.6 Å². The second-order valence-electron chi connectivity index (χ2n) is 6.38. The van der Waals surface area contributed by atoms with Crippen molar-refractivity contribution >= 4 is 25.8 Å². The van der Waals surface area contributed by atoms with Crippen molar-refractivity contribution in [3.8, 4) is 11.5 Å². The maximum atomic E-state index is 11.6. The highest BCUT2D eigenvalue weighted by Gasteiger charge is 2.13. The van der Waals surface area contributed by atoms with Crippen LogP contribution in [0.15, 0.2) is 58.4 Å². The van der Waals surface area contributed by atoms with Crippen LogP contribution < -0.4 is 14.8 Å². The molecule has 1 unspecified atom stereocenters. The Kier molecular flexibility index (Phi) is 8.10. The monoisotopic (exact) mass is 467 g/mol. The summed E-state index contributed by atoms with van der Waals surface area (Å²) in [6, 6.07) is 11.0. The van der Waals surface area contributed by atoms with Crippen LogP contribution in [0, 0.1) is 0 Å². The predicted octanol–water partition coefficient (Wildman–Crippen LogP) is 4.67. The first-order valence-electron chi connectivity index (χ1n) is 8.98. The number of halogens is 1. The minimum atomic E-state index is -3.18. The Labute approximate surface area is 175 Å². The quantitative estimate of drug-likeness (QED) is 0.514. The third kappa shape index (κ3) is 6.09. The summed E-state index contributed by atoms with van der Waals surface area (Å²) in [7, 11) is -3.18. The van der Waals surface area contributed by atoms with Gasteiger partial charge in [0.1, 0.15) is 6.61 Å². The number of hydrogen-bond donors (Lipinski definition) is 1. The molecule has 0 aliphatic heterocycles. The van der Waals surface area contributed by atoms with E-state index >= 15 is 0 Å². The molecule has 2 rings (SSSR count). The highest BCUT2D eigenvalue weighted by molar-refractivity contribution is 9.10. The average Bonchev–Trinajstić information content (AvgIpc) is 2.65. The lowest BCUT2D eigenvalue weighted by Gasteiger charge is -2.17. The van der Waals surface area contributed by atoms with Crippen LogP contribution in [0.5, 0.6) is 11.5 Å². The van der Waals surface area contributed by atoms with Gasteiger partial charge in [-0.25, -0.2) is 8.42 Å². The zero-order valence-corrected chi connectivity index (χ0v) is 18.8. The molecule has 0 aromatic heterocycles. The number of nitrogens with one attached hydrogen (secondary N) is 1. The molecule has 2 aromatic rings. The second-order valence-corrected chi connectivity index (χ2v) is 9.25. The lowest BCUT2D eigenvalue weighted by molar-refractivity contribution is 0.295. The van der Waals surface area contributed by atoms with Gasteiger partial charge >= 0.3 is 0 Å². The third-order valence-corrected chi connectivity index (χ3v) is 5.85. The van der Waals surface area contributed by atoms with Crippen LogP contribution >= 0.6 is 15.9 Å². The molecule has 1 atom stereocenters. The van der Waals surface area contributed by atoms with Gasteiger partial charge in [-0.3, -0.25) is 0 Å². The van der Waals surface area contributed by atoms with E-state index in [2.05, 4.69) is 27.8 Å². The van der Waals surface area contributed by atoms with Crippen molar-refractivity contribution < 1.29 is 17.9 Å². The summed E-state index contributed by atoms with van der Waals surface area (Å²) >= 11 is 3.55. The van der Waals surface area contributed by atoms with Gasteiger partial charge in [0.25, 0.3) is 0 Å². The molecule has 1 N–H and O–H groups in total. The van der Waals surface area contributed by atoms with Crippen molar-refractivity contribution in [2.75, 3.05) is 19.5 Å². The first-order chi connectivity index (χ1) is 13.3. The molecule has 0 amide bonds. The molecule has 0 fully saturated rings. The van der Waals surface area contributed by atoms with Crippen LogP contribution in [0.4, 0.5) is 0 Å². The predicted molar refractivity (Wildman–Crippen MR) is 116 cm³/mol. The van der Waals surface area contributed by atoms with Gasteiger partial charge in [0.2, 0.25) is 0 Å². The number of rotatable bonds is 10. The van der Waals surface area contributed by atoms with E-state index in [1.165, 1.54) is 6.26 Å². The van der Waals surface area contributed by atoms with E-state index < -0.39 is 9.84 Å². The van der Waals surface area contributed by atoms with E-state index in [0.717, 1.165) is 15.6 Å². The molecule has 7 heteroatoms. The highest BCUT2D eigenvalue weighted by Crippen LogP contribution is 2.37. The van der Waals surface area contributed by atoms with Crippen molar-refractivity contribution in [2.45, 2.75) is 31.3 Å². The fourth-order valence-corrected chi connectivity index (χ4v) is 3.90. The first kappa shape index (κ1) is 22.5. The largest absolute Gasteiger partial charge is 0.490 e. The maximum Gasteiger partial charge on any atom is 0.175 e. The number of sulfone groups is 1. The van der Waals surface area contributed by atoms with E-state index in [9.17, 15) is 8.42 Å². The molecule has 0 saturated carbocycles. The van der Waals surface area contributed by atoms with Crippen LogP contribution in [0.3, 0.4) is 0 Å². The molecule has 2 aromatic carbocycles. The summed E-state index contributed by atoms with van der Waals surface area (Å²) in [6.07, 6.45) is 2.90. The van der Waals surface area contributed by atoms with Gasteiger partial charge in [0, 0.05) is 18.8 Å². The standard InChI is InChI=1S/C21H26BrNO4S/c1-5-11-27-21-19(22)12-16(13-20(21)26-6-2)14-23-15(3)17-7-9-18(10-8-17)28(4,24)25/h5,7-10,12-13,15,23H,1,6,11,14H2,2-4H3. The first-order valence-corrected chi connectivity index (χ1v) is 11.7. The molecule has 152 valence electrons. The molecule has 0 heterocycles. The molecule has 0 bridgehead atoms. The summed E-state index contributed by atoms with van der Waals surface area (Å²) in [5.74, 6) is 1.34. The molecule has 5 nitrogen and oxygen atoms in total. The second kappa shape index (κ2) is 10.1. The summed E-state index contributed by atoms with van der Waals surface area (Å²) in [5.41, 5.74) is 2.06. The number of ether oxygens (including phenoxy) is 2. The summed E-state index contributed by atoms with van der Waals surface area (Å²) in [4.78, 5) is 0.323. The normalized spacial score (nSPS) is 12.4. The van der Waals surface area contributed by atoms with Crippen molar-refractivity contribution in [2.24, 2.45) is 0 Å². The molecule has 0 saturated heterocycles. The van der Waals surface area contributed by atoms with Gasteiger partial charge in [0.15, 0.2) is 21.3 Å². The van der Waals surface area contributed by atoms with Gasteiger partial charge in [-0.1, -0.05) is 24.8 Å². The molecular formula is C21H26BrNO4S. The maximum absolute atomic E-state index is 11.6. The Morgan fingerprint density at radius 3 is 2.46 bits per heavy atom. The van der Waals surface area contributed by atoms with Crippen LogP contribution in [0.25, 0.3) is 0 Å². The van der Waals surface area contributed by atoms with Crippen molar-refractivity contribution in [1.29, 1.82) is 0 Å². The van der Waals surface area contributed by atoms with Gasteiger partial charge in [0.05, 0.1) is 16.0 Å². The Bertz CT molecular complexity index is 911. The lowest BCUT2D eigenvalue weighted by atomic mass is 10.1. The Morgan fingerprint density at radius 1 is 1.21 bits per heavy atom. The minimum Gasteiger partial charge on any atom is -0.490 e. The molecule has 0 spiro atoms. The molecule has 0 aliphatic rings. The lowest BCUT2D eigenvalue weighted by Crippen LogP contribution is -2.18. The molecule has 28 heavy (non-hydrogen) atoms. The van der Waals surface area contributed by atoms with Crippen molar-refractivity contribution in [1.82, 2.24) is 5.32 Å². The Balaban J connectivity index is 2.11. The zero-order chi connectivity index (χ0) is 20.7. The smallest absolute Gasteiger partial charge is 0.175 e. The fraction of sp³-hybridized carbons (Fsp3) is 0.333. The average molecular weight is 468 g/mol. The minimum absolute atomic E-state index is 0.0552. The van der Waals surface area contributed by atoms with Crippen LogP contribution in [-0.4, -0.2) is 27.9 Å². The van der Waals surface area contributed by atoms with Gasteiger partial charge in [-0.15, -0.1) is 0 Å². The van der Waals surface area contributed by atoms with Crippen LogP contribution in [0.1, 0.15) is 31.0 Å². The van der Waals surface area contributed by atoms with E-state index in [1.54, 1.807) is 18.2 Å². The van der Waals surface area contributed by atoms with E-state index in [1.807, 2.05) is 38.1 Å². The summed E-state index contributed by atoms with van der Waals surface area (Å²) in [5, 5.41) is 3.45. The Hall–Kier alpha value is -1.83. The van der Waals surface area contributed by atoms with Crippen molar-refractivity contribution in [3.05, 3.63) is 64.7 Å². The van der Waals surface area contributed by atoms with Gasteiger partial charge in [-0.05, 0) is 65.2 Å². The number of hydrogen-bond acceptors (Lipinski definition) is 5. The van der Waals surface area contributed by atoms with Gasteiger partial charge < -0.3 is 14.8 Å². The highest BCUT2D eigenvalue weighted by atomic mass is 79.9. The summed E-state index contributed by atoms with van der Waals surface area (Å²) < 4.78 is 35.4. The molecule has 0 aliphatic carbocycles. The van der Waals surface area contributed by atoms with E-state index in [4.69, 9.17) is 9.47 Å². The van der Waals surface area contributed by atoms with Crippen LogP contribution in [-0.2, 0) is 16.4 Å². The Morgan fingerprint density at radius 2 is 1.89 bits per heavy atom. The third-order valence-electron chi connectivity index (χ3n) is 4.14. The molecular weight excluding hydrogens is 442 g/mol. The fourth-order valence-electron chi connectivity index (χ4n) is 2.66. The SMILES string of the molecule is C=CCOc1c(Br)cc(CNC(C)c2ccc(S(C)(=O)=O)cc2)cc1OCC. The number of benzene rings is 2. The molecule has 0 radical (unpaired) electrons. The van der Waals surface area contributed by atoms with E-state index in [-0.39, 0.29) is 6.04 Å². The van der Waals surface area contributed by atoms with Crippen LogP contribution in [0.2, 0.25) is 0 Å². The van der Waals surface area contributed by atoms with E-state index in [0.29, 0.717) is 36.2 Å². The zero-order valence-electron chi connectivity index (χ0n) is 16.4. The summed E-state index contributed by atoms with van der Waals surface area (Å²) in [6.45, 7) is 9.20. The van der Waals surface area contributed by atoms with Gasteiger partial charge in [-0.2, -0.15) is 0 Å². The van der Waals surface area contributed by atoms with Crippen molar-refractivity contribution in [3.63, 3.8) is 0 Å².